The first-order valence-electron chi connectivity index (χ1n) is 15.3. The number of rotatable bonds is 12. The van der Waals surface area contributed by atoms with E-state index in [4.69, 9.17) is 16.3 Å². The number of fused-ring (bicyclic) bond motifs is 1. The van der Waals surface area contributed by atoms with Crippen LogP contribution in [0.15, 0.2) is 79.9 Å². The molecule has 7 atom stereocenters. The molecule has 2 bridgehead atoms. The molecule has 0 aliphatic carbocycles. The van der Waals surface area contributed by atoms with E-state index in [1.54, 1.807) is 46.2 Å². The molecule has 1 N–H and O–H groups in total. The molecule has 9 heteroatoms. The van der Waals surface area contributed by atoms with Gasteiger partial charge in [-0.25, -0.2) is 0 Å². The molecule has 44 heavy (non-hydrogen) atoms. The van der Waals surface area contributed by atoms with Crippen molar-refractivity contribution >= 4 is 35.0 Å². The third-order valence-corrected chi connectivity index (χ3v) is 10.1. The predicted octanol–water partition coefficient (Wildman–Crippen LogP) is 5.03. The lowest BCUT2D eigenvalue weighted by molar-refractivity contribution is -0.153. The highest BCUT2D eigenvalue weighted by molar-refractivity contribution is 6.30. The highest BCUT2D eigenvalue weighted by atomic mass is 35.5. The minimum atomic E-state index is -1.28. The Bertz CT molecular complexity index is 1420. The summed E-state index contributed by atoms with van der Waals surface area (Å²) < 4.78 is 6.96. The van der Waals surface area contributed by atoms with Gasteiger partial charge in [0.1, 0.15) is 11.6 Å². The molecule has 8 nitrogen and oxygen atoms in total. The Morgan fingerprint density at radius 3 is 2.36 bits per heavy atom. The van der Waals surface area contributed by atoms with Crippen molar-refractivity contribution in [2.45, 2.75) is 56.9 Å². The lowest BCUT2D eigenvalue weighted by atomic mass is 9.62. The molecule has 3 fully saturated rings. The predicted molar refractivity (Wildman–Crippen MR) is 171 cm³/mol. The van der Waals surface area contributed by atoms with E-state index in [9.17, 15) is 19.5 Å². The lowest BCUT2D eigenvalue weighted by Gasteiger charge is -2.39. The second-order valence-corrected chi connectivity index (χ2v) is 12.8. The molecule has 5 rings (SSSR count). The van der Waals surface area contributed by atoms with Crippen molar-refractivity contribution in [1.29, 1.82) is 0 Å². The summed E-state index contributed by atoms with van der Waals surface area (Å²) in [5.74, 6) is -2.71. The maximum atomic E-state index is 15.0. The van der Waals surface area contributed by atoms with E-state index < -0.39 is 41.7 Å². The number of carbonyl (C=O) groups is 3. The van der Waals surface area contributed by atoms with Crippen LogP contribution in [-0.4, -0.2) is 76.1 Å². The number of aliphatic hydroxyl groups excluding tert-OH is 1. The number of carbonyl (C=O) groups excluding carboxylic acids is 3. The third kappa shape index (κ3) is 4.97. The molecule has 1 spiro atoms. The largest absolute Gasteiger partial charge is 0.394 e. The molecule has 3 aliphatic rings. The average molecular weight is 620 g/mol. The molecule has 3 heterocycles. The Labute approximate surface area is 264 Å². The number of amides is 3. The number of benzene rings is 2. The topological polar surface area (TPSA) is 90.4 Å². The molecule has 3 saturated heterocycles. The van der Waals surface area contributed by atoms with Crippen LogP contribution in [0.2, 0.25) is 5.02 Å². The van der Waals surface area contributed by atoms with Gasteiger partial charge in [0, 0.05) is 30.3 Å². The molecule has 3 unspecified atom stereocenters. The van der Waals surface area contributed by atoms with Crippen LogP contribution in [0.25, 0.3) is 0 Å². The molecule has 3 aliphatic heterocycles. The van der Waals surface area contributed by atoms with Crippen LogP contribution in [0.5, 0.6) is 0 Å². The fourth-order valence-corrected chi connectivity index (χ4v) is 7.96. The smallest absolute Gasteiger partial charge is 0.253 e. The normalized spacial score (nSPS) is 29.3. The molecule has 2 aromatic carbocycles. The maximum absolute atomic E-state index is 15.0. The van der Waals surface area contributed by atoms with Crippen LogP contribution < -0.4 is 4.90 Å². The van der Waals surface area contributed by atoms with Crippen LogP contribution in [0.4, 0.5) is 5.69 Å². The monoisotopic (exact) mass is 619 g/mol. The van der Waals surface area contributed by atoms with Crippen molar-refractivity contribution < 1.29 is 24.2 Å². The SMILES string of the molecule is C=CCN(CCC)C(=O)[C@@H]1[C@H]2C(=O)N([C@H](CO)c3ccccc3)C(C(=O)N(CC=C)c3ccc(Cl)cc3)C23CC(C)[C@@]1(C)O3. The number of halogens is 1. The van der Waals surface area contributed by atoms with Crippen molar-refractivity contribution in [2.24, 2.45) is 17.8 Å². The summed E-state index contributed by atoms with van der Waals surface area (Å²) in [7, 11) is 0. The Morgan fingerprint density at radius 2 is 1.77 bits per heavy atom. The van der Waals surface area contributed by atoms with Gasteiger partial charge in [-0.15, -0.1) is 13.2 Å². The molecule has 0 aromatic heterocycles. The standard InChI is InChI=1S/C35H42ClN3O5/c1-6-18-37(19-7-2)31(41)28-29-32(42)39(27(22-40)24-12-10-9-11-13-24)30(35(29)21-23(4)34(28,5)44-35)33(43)38(20-8-3)26-16-14-25(36)15-17-26/h6,8-17,23,27-30,40H,1,3,7,18-22H2,2,4-5H3/t23?,27-,28+,29+,30?,34-,35?/m1/s1. The van der Waals surface area contributed by atoms with E-state index in [0.717, 1.165) is 6.42 Å². The number of hydrogen-bond acceptors (Lipinski definition) is 5. The first-order chi connectivity index (χ1) is 21.1. The fraction of sp³-hybridized carbons (Fsp3) is 0.457. The highest BCUT2D eigenvalue weighted by Gasteiger charge is 2.80. The molecular formula is C35H42ClN3O5. The molecular weight excluding hydrogens is 578 g/mol. The molecule has 2 aromatic rings. The third-order valence-electron chi connectivity index (χ3n) is 9.82. The number of hydrogen-bond donors (Lipinski definition) is 1. The van der Waals surface area contributed by atoms with Gasteiger partial charge < -0.3 is 24.5 Å². The van der Waals surface area contributed by atoms with Gasteiger partial charge in [-0.3, -0.25) is 14.4 Å². The van der Waals surface area contributed by atoms with E-state index in [1.807, 2.05) is 51.1 Å². The number of likely N-dealkylation sites (tertiary alicyclic amines) is 1. The first kappa shape index (κ1) is 31.9. The van der Waals surface area contributed by atoms with Crippen molar-refractivity contribution in [3.63, 3.8) is 0 Å². The van der Waals surface area contributed by atoms with E-state index in [0.29, 0.717) is 35.8 Å². The molecule has 234 valence electrons. The highest BCUT2D eigenvalue weighted by Crippen LogP contribution is 2.66. The van der Waals surface area contributed by atoms with E-state index in [2.05, 4.69) is 13.2 Å². The lowest BCUT2D eigenvalue weighted by Crippen LogP contribution is -2.57. The minimum Gasteiger partial charge on any atom is -0.394 e. The Balaban J connectivity index is 1.69. The molecule has 3 amide bonds. The van der Waals surface area contributed by atoms with Crippen LogP contribution in [0.3, 0.4) is 0 Å². The van der Waals surface area contributed by atoms with E-state index in [-0.39, 0.29) is 30.2 Å². The van der Waals surface area contributed by atoms with E-state index >= 15 is 0 Å². The van der Waals surface area contributed by atoms with Gasteiger partial charge >= 0.3 is 0 Å². The Kier molecular flexibility index (Phi) is 9.08. The van der Waals surface area contributed by atoms with Crippen LogP contribution in [0, 0.1) is 17.8 Å². The zero-order chi connectivity index (χ0) is 31.8. The van der Waals surface area contributed by atoms with Gasteiger partial charge in [0.25, 0.3) is 5.91 Å². The van der Waals surface area contributed by atoms with Crippen molar-refractivity contribution in [1.82, 2.24) is 9.80 Å². The molecule has 0 saturated carbocycles. The van der Waals surface area contributed by atoms with Gasteiger partial charge in [-0.1, -0.05) is 67.9 Å². The van der Waals surface area contributed by atoms with Gasteiger partial charge in [0.2, 0.25) is 11.8 Å². The summed E-state index contributed by atoms with van der Waals surface area (Å²) in [6, 6.07) is 14.2. The summed E-state index contributed by atoms with van der Waals surface area (Å²) >= 11 is 6.17. The quantitative estimate of drug-likeness (QED) is 0.337. The number of nitrogens with zero attached hydrogens (tertiary/aromatic N) is 3. The van der Waals surface area contributed by atoms with Crippen LogP contribution in [0.1, 0.15) is 45.2 Å². The van der Waals surface area contributed by atoms with Crippen LogP contribution in [-0.2, 0) is 19.1 Å². The summed E-state index contributed by atoms with van der Waals surface area (Å²) in [5.41, 5.74) is -0.954. The zero-order valence-electron chi connectivity index (χ0n) is 25.7. The van der Waals surface area contributed by atoms with Crippen molar-refractivity contribution in [3.8, 4) is 0 Å². The van der Waals surface area contributed by atoms with Crippen LogP contribution >= 0.6 is 11.6 Å². The van der Waals surface area contributed by atoms with Gasteiger partial charge in [-0.05, 0) is 55.5 Å². The first-order valence-corrected chi connectivity index (χ1v) is 15.7. The van der Waals surface area contributed by atoms with Crippen molar-refractivity contribution in [2.75, 3.05) is 31.1 Å². The Hall–Kier alpha value is -3.46. The molecule has 0 radical (unpaired) electrons. The Morgan fingerprint density at radius 1 is 1.11 bits per heavy atom. The summed E-state index contributed by atoms with van der Waals surface area (Å²) in [6.45, 7) is 14.3. The number of anilines is 1. The minimum absolute atomic E-state index is 0.115. The van der Waals surface area contributed by atoms with Gasteiger partial charge in [0.15, 0.2) is 0 Å². The maximum Gasteiger partial charge on any atom is 0.253 e. The second kappa shape index (κ2) is 12.5. The number of ether oxygens (including phenoxy) is 1. The fourth-order valence-electron chi connectivity index (χ4n) is 7.83. The zero-order valence-corrected chi connectivity index (χ0v) is 26.5. The summed E-state index contributed by atoms with van der Waals surface area (Å²) in [4.78, 5) is 49.0. The summed E-state index contributed by atoms with van der Waals surface area (Å²) in [5, 5.41) is 11.3. The summed E-state index contributed by atoms with van der Waals surface area (Å²) in [6.07, 6.45) is 4.48. The van der Waals surface area contributed by atoms with Crippen molar-refractivity contribution in [3.05, 3.63) is 90.5 Å². The average Bonchev–Trinajstić information content (AvgIpc) is 3.53. The van der Waals surface area contributed by atoms with E-state index in [1.165, 1.54) is 4.90 Å². The van der Waals surface area contributed by atoms with Gasteiger partial charge in [-0.2, -0.15) is 0 Å². The number of aliphatic hydroxyl groups is 1. The van der Waals surface area contributed by atoms with Gasteiger partial charge in [0.05, 0.1) is 30.1 Å². The second-order valence-electron chi connectivity index (χ2n) is 12.3.